The third-order valence-corrected chi connectivity index (χ3v) is 3.70. The van der Waals surface area contributed by atoms with Gasteiger partial charge in [0.1, 0.15) is 11.5 Å². The molecule has 0 radical (unpaired) electrons. The molecular weight excluding hydrogens is 296 g/mol. The highest BCUT2D eigenvalue weighted by molar-refractivity contribution is 8.13. The Morgan fingerprint density at radius 1 is 1.45 bits per heavy atom. The van der Waals surface area contributed by atoms with Crippen LogP contribution in [0.15, 0.2) is 46.0 Å². The Labute approximate surface area is 127 Å². The predicted octanol–water partition coefficient (Wildman–Crippen LogP) is 3.69. The average Bonchev–Trinajstić information content (AvgIpc) is 2.96. The Morgan fingerprint density at radius 2 is 2.30 bits per heavy atom. The number of nitrogens with zero attached hydrogens (tertiary/aromatic N) is 1. The fourth-order valence-electron chi connectivity index (χ4n) is 1.62. The first-order chi connectivity index (χ1) is 9.69. The molecule has 0 saturated carbocycles. The Balaban J connectivity index is 1.94. The highest BCUT2D eigenvalue weighted by atomic mass is 35.5. The lowest BCUT2D eigenvalue weighted by Crippen LogP contribution is -2.07. The molecule has 1 heterocycles. The molecule has 106 valence electrons. The van der Waals surface area contributed by atoms with Gasteiger partial charge in [0.05, 0.1) is 19.9 Å². The second kappa shape index (κ2) is 7.26. The van der Waals surface area contributed by atoms with E-state index >= 15 is 0 Å². The van der Waals surface area contributed by atoms with Gasteiger partial charge in [-0.2, -0.15) is 0 Å². The van der Waals surface area contributed by atoms with Crippen LogP contribution in [0, 0.1) is 0 Å². The summed E-state index contributed by atoms with van der Waals surface area (Å²) < 4.78 is 10.5. The Hall–Kier alpha value is -1.59. The van der Waals surface area contributed by atoms with Crippen molar-refractivity contribution in [2.75, 3.05) is 7.11 Å². The van der Waals surface area contributed by atoms with E-state index in [0.29, 0.717) is 22.5 Å². The molecule has 0 spiro atoms. The number of hydrogen-bond donors (Lipinski definition) is 1. The van der Waals surface area contributed by atoms with Crippen molar-refractivity contribution < 1.29 is 9.15 Å². The number of ether oxygens (including phenoxy) is 1. The molecule has 0 saturated heterocycles. The maximum atomic E-state index is 5.98. The third-order valence-electron chi connectivity index (χ3n) is 2.59. The van der Waals surface area contributed by atoms with Gasteiger partial charge in [0.25, 0.3) is 0 Å². The molecule has 4 nitrogen and oxygen atoms in total. The quantitative estimate of drug-likeness (QED) is 0.676. The zero-order valence-corrected chi connectivity index (χ0v) is 12.6. The summed E-state index contributed by atoms with van der Waals surface area (Å²) in [4.78, 5) is 4.25. The molecular formula is C14H15ClN2O2S. The van der Waals surface area contributed by atoms with Crippen LogP contribution in [0.3, 0.4) is 0 Å². The second-order valence-electron chi connectivity index (χ2n) is 3.98. The Morgan fingerprint density at radius 3 is 3.00 bits per heavy atom. The molecule has 2 rings (SSSR count). The molecule has 0 aliphatic heterocycles. The van der Waals surface area contributed by atoms with Crippen LogP contribution >= 0.6 is 23.4 Å². The Bertz CT molecular complexity index is 585. The predicted molar refractivity (Wildman–Crippen MR) is 83.3 cm³/mol. The van der Waals surface area contributed by atoms with Crippen molar-refractivity contribution in [2.45, 2.75) is 12.3 Å². The van der Waals surface area contributed by atoms with Crippen molar-refractivity contribution in [3.8, 4) is 5.75 Å². The molecule has 1 aromatic heterocycles. The van der Waals surface area contributed by atoms with Crippen molar-refractivity contribution >= 4 is 28.5 Å². The molecule has 1 aromatic carbocycles. The van der Waals surface area contributed by atoms with Crippen molar-refractivity contribution in [2.24, 2.45) is 10.7 Å². The topological polar surface area (TPSA) is 60.8 Å². The highest BCUT2D eigenvalue weighted by Crippen LogP contribution is 2.26. The molecule has 0 atom stereocenters. The summed E-state index contributed by atoms with van der Waals surface area (Å²) in [6.45, 7) is 0.443. The van der Waals surface area contributed by atoms with E-state index in [-0.39, 0.29) is 0 Å². The number of hydrogen-bond acceptors (Lipinski definition) is 4. The Kier molecular flexibility index (Phi) is 5.38. The summed E-state index contributed by atoms with van der Waals surface area (Å²) in [6, 6.07) is 9.19. The maximum absolute atomic E-state index is 5.98. The van der Waals surface area contributed by atoms with Gasteiger partial charge in [0.15, 0.2) is 5.17 Å². The largest absolute Gasteiger partial charge is 0.496 e. The number of aliphatic imine (C=N–C) groups is 1. The van der Waals surface area contributed by atoms with Crippen LogP contribution in [0.5, 0.6) is 5.75 Å². The fraction of sp³-hybridized carbons (Fsp3) is 0.214. The van der Waals surface area contributed by atoms with E-state index in [1.807, 2.05) is 24.3 Å². The molecule has 0 bridgehead atoms. The molecule has 0 unspecified atom stereocenters. The van der Waals surface area contributed by atoms with Crippen LogP contribution in [0.1, 0.15) is 11.3 Å². The van der Waals surface area contributed by atoms with Gasteiger partial charge >= 0.3 is 0 Å². The van der Waals surface area contributed by atoms with Gasteiger partial charge in [0, 0.05) is 16.3 Å². The molecule has 6 heteroatoms. The van der Waals surface area contributed by atoms with Crippen molar-refractivity contribution in [3.05, 3.63) is 52.9 Å². The lowest BCUT2D eigenvalue weighted by atomic mass is 10.2. The first-order valence-electron chi connectivity index (χ1n) is 5.96. The van der Waals surface area contributed by atoms with Crippen LogP contribution in [0.2, 0.25) is 5.02 Å². The summed E-state index contributed by atoms with van der Waals surface area (Å²) in [5.74, 6) is 2.23. The molecule has 0 fully saturated rings. The zero-order chi connectivity index (χ0) is 14.4. The van der Waals surface area contributed by atoms with Crippen LogP contribution < -0.4 is 10.5 Å². The molecule has 0 aliphatic rings. The van der Waals surface area contributed by atoms with Crippen LogP contribution in [0.25, 0.3) is 0 Å². The summed E-state index contributed by atoms with van der Waals surface area (Å²) in [6.07, 6.45) is 1.62. The first kappa shape index (κ1) is 14.8. The minimum atomic E-state index is 0.443. The molecule has 0 amide bonds. The van der Waals surface area contributed by atoms with Gasteiger partial charge in [0.2, 0.25) is 0 Å². The number of furan rings is 1. The molecule has 20 heavy (non-hydrogen) atoms. The van der Waals surface area contributed by atoms with Gasteiger partial charge in [-0.05, 0) is 30.3 Å². The molecule has 0 aliphatic carbocycles. The van der Waals surface area contributed by atoms with Crippen LogP contribution in [0.4, 0.5) is 0 Å². The van der Waals surface area contributed by atoms with E-state index in [0.717, 1.165) is 17.1 Å². The van der Waals surface area contributed by atoms with Gasteiger partial charge in [-0.15, -0.1) is 0 Å². The van der Waals surface area contributed by atoms with E-state index in [2.05, 4.69) is 4.99 Å². The number of halogens is 1. The van der Waals surface area contributed by atoms with E-state index in [1.165, 1.54) is 11.8 Å². The zero-order valence-electron chi connectivity index (χ0n) is 11.0. The lowest BCUT2D eigenvalue weighted by molar-refractivity contribution is 0.411. The fourth-order valence-corrected chi connectivity index (χ4v) is 2.50. The van der Waals surface area contributed by atoms with Gasteiger partial charge < -0.3 is 14.9 Å². The standard InChI is InChI=1S/C14H15ClN2O2S/c1-18-13-5-4-11(15)7-10(13)9-20-14(16)17-8-12-3-2-6-19-12/h2-7H,8-9H2,1H3,(H2,16,17). The summed E-state index contributed by atoms with van der Waals surface area (Å²) in [5.41, 5.74) is 6.85. The number of methoxy groups -OCH3 is 1. The molecule has 2 aromatic rings. The van der Waals surface area contributed by atoms with Gasteiger partial charge in [-0.3, -0.25) is 4.99 Å². The number of benzene rings is 1. The third kappa shape index (κ3) is 4.21. The van der Waals surface area contributed by atoms with Crippen molar-refractivity contribution in [1.29, 1.82) is 0 Å². The molecule has 2 N–H and O–H groups in total. The van der Waals surface area contributed by atoms with Gasteiger partial charge in [-0.1, -0.05) is 23.4 Å². The number of rotatable bonds is 5. The lowest BCUT2D eigenvalue weighted by Gasteiger charge is -2.08. The first-order valence-corrected chi connectivity index (χ1v) is 7.33. The van der Waals surface area contributed by atoms with Crippen molar-refractivity contribution in [3.63, 3.8) is 0 Å². The smallest absolute Gasteiger partial charge is 0.154 e. The minimum Gasteiger partial charge on any atom is -0.496 e. The van der Waals surface area contributed by atoms with Crippen LogP contribution in [-0.2, 0) is 12.3 Å². The SMILES string of the molecule is COc1ccc(Cl)cc1CSC(N)=NCc1ccco1. The summed E-state index contributed by atoms with van der Waals surface area (Å²) in [5, 5.41) is 1.18. The van der Waals surface area contributed by atoms with E-state index < -0.39 is 0 Å². The highest BCUT2D eigenvalue weighted by Gasteiger charge is 2.05. The second-order valence-corrected chi connectivity index (χ2v) is 5.41. The summed E-state index contributed by atoms with van der Waals surface area (Å²) in [7, 11) is 1.63. The number of amidine groups is 1. The van der Waals surface area contributed by atoms with Crippen LogP contribution in [-0.4, -0.2) is 12.3 Å². The average molecular weight is 311 g/mol. The van der Waals surface area contributed by atoms with Gasteiger partial charge in [-0.25, -0.2) is 0 Å². The number of nitrogens with two attached hydrogens (primary N) is 1. The normalized spacial score (nSPS) is 11.6. The monoisotopic (exact) mass is 310 g/mol. The van der Waals surface area contributed by atoms with E-state index in [9.17, 15) is 0 Å². The van der Waals surface area contributed by atoms with E-state index in [4.69, 9.17) is 26.5 Å². The minimum absolute atomic E-state index is 0.443. The van der Waals surface area contributed by atoms with E-state index in [1.54, 1.807) is 19.4 Å². The van der Waals surface area contributed by atoms with Crippen molar-refractivity contribution in [1.82, 2.24) is 0 Å². The maximum Gasteiger partial charge on any atom is 0.154 e. The number of thioether (sulfide) groups is 1. The summed E-state index contributed by atoms with van der Waals surface area (Å²) >= 11 is 7.42.